The van der Waals surface area contributed by atoms with Crippen molar-refractivity contribution in [3.8, 4) is 0 Å². The number of nitrogens with two attached hydrogens (primary N) is 1. The lowest BCUT2D eigenvalue weighted by molar-refractivity contribution is -0.899. The number of halogens is 1. The van der Waals surface area contributed by atoms with Crippen LogP contribution in [0.25, 0.3) is 0 Å². The predicted octanol–water partition coefficient (Wildman–Crippen LogP) is 0.476. The van der Waals surface area contributed by atoms with E-state index in [0.29, 0.717) is 13.1 Å². The van der Waals surface area contributed by atoms with E-state index >= 15 is 0 Å². The number of hydrogen-bond donors (Lipinski definition) is 3. The number of likely N-dealkylation sites (tertiary alicyclic amines) is 1. The average molecular weight is 355 g/mol. The Bertz CT molecular complexity index is 548. The first-order chi connectivity index (χ1) is 9.95. The molecule has 1 aromatic rings. The van der Waals surface area contributed by atoms with E-state index in [9.17, 15) is 9.59 Å². The Morgan fingerprint density at radius 1 is 1.48 bits per heavy atom. The molecule has 0 saturated carbocycles. The molecule has 1 saturated heterocycles. The maximum Gasteiger partial charge on any atom is 0.279 e. The van der Waals surface area contributed by atoms with E-state index in [4.69, 9.17) is 5.73 Å². The number of piperidine rings is 1. The number of nitrogens with one attached hydrogen (secondary N) is 2. The van der Waals surface area contributed by atoms with Crippen molar-refractivity contribution < 1.29 is 14.5 Å². The van der Waals surface area contributed by atoms with Crippen molar-refractivity contribution in [1.29, 1.82) is 0 Å². The van der Waals surface area contributed by atoms with Crippen molar-refractivity contribution in [2.45, 2.75) is 19.8 Å². The molecule has 5 nitrogen and oxygen atoms in total. The number of quaternary nitrogens is 1. The van der Waals surface area contributed by atoms with E-state index < -0.39 is 0 Å². The second kappa shape index (κ2) is 7.04. The van der Waals surface area contributed by atoms with E-state index in [1.807, 2.05) is 25.1 Å². The summed E-state index contributed by atoms with van der Waals surface area (Å²) in [7, 11) is 0. The highest BCUT2D eigenvalue weighted by Crippen LogP contribution is 2.20. The topological polar surface area (TPSA) is 76.6 Å². The summed E-state index contributed by atoms with van der Waals surface area (Å²) in [6.07, 6.45) is 1.78. The van der Waals surface area contributed by atoms with Crippen molar-refractivity contribution in [3.05, 3.63) is 28.2 Å². The fourth-order valence-corrected chi connectivity index (χ4v) is 3.04. The van der Waals surface area contributed by atoms with Crippen molar-refractivity contribution in [2.75, 3.05) is 25.0 Å². The van der Waals surface area contributed by atoms with Gasteiger partial charge in [-0.3, -0.25) is 9.59 Å². The van der Waals surface area contributed by atoms with Crippen LogP contribution < -0.4 is 16.0 Å². The lowest BCUT2D eigenvalue weighted by Gasteiger charge is -2.27. The molecule has 1 unspecified atom stereocenters. The SMILES string of the molecule is Cc1ccc(NC(=O)C[NH+]2CCC[C@@H](C(N)=O)C2)cc1Br. The van der Waals surface area contributed by atoms with Crippen molar-refractivity contribution in [3.63, 3.8) is 0 Å². The highest BCUT2D eigenvalue weighted by Gasteiger charge is 2.28. The molecule has 1 heterocycles. The Labute approximate surface area is 133 Å². The predicted molar refractivity (Wildman–Crippen MR) is 85.0 cm³/mol. The number of carbonyl (C=O) groups is 2. The third-order valence-corrected chi connectivity index (χ3v) is 4.74. The van der Waals surface area contributed by atoms with Crippen LogP contribution in [0.5, 0.6) is 0 Å². The molecule has 114 valence electrons. The number of benzene rings is 1. The van der Waals surface area contributed by atoms with Gasteiger partial charge in [0.1, 0.15) is 0 Å². The largest absolute Gasteiger partial charge is 0.369 e. The third kappa shape index (κ3) is 4.54. The maximum atomic E-state index is 12.1. The standard InChI is InChI=1S/C15H20BrN3O2/c1-10-4-5-12(7-13(10)16)18-14(20)9-19-6-2-3-11(8-19)15(17)21/h4-5,7,11H,2-3,6,8-9H2,1H3,(H2,17,21)(H,18,20)/p+1/t11-/m1/s1. The second-order valence-corrected chi connectivity index (χ2v) is 6.49. The monoisotopic (exact) mass is 354 g/mol. The molecule has 0 bridgehead atoms. The van der Waals surface area contributed by atoms with Gasteiger partial charge in [0.2, 0.25) is 5.91 Å². The Morgan fingerprint density at radius 2 is 2.24 bits per heavy atom. The summed E-state index contributed by atoms with van der Waals surface area (Å²) in [5.74, 6) is -0.393. The van der Waals surface area contributed by atoms with E-state index in [2.05, 4.69) is 21.2 Å². The van der Waals surface area contributed by atoms with Crippen LogP contribution in [0.1, 0.15) is 18.4 Å². The van der Waals surface area contributed by atoms with Crippen LogP contribution in [-0.2, 0) is 9.59 Å². The van der Waals surface area contributed by atoms with Gasteiger partial charge in [-0.25, -0.2) is 0 Å². The second-order valence-electron chi connectivity index (χ2n) is 5.63. The molecular formula is C15H21BrN3O2+. The summed E-state index contributed by atoms with van der Waals surface area (Å²) < 4.78 is 0.972. The Balaban J connectivity index is 1.89. The van der Waals surface area contributed by atoms with Gasteiger partial charge in [0.05, 0.1) is 19.0 Å². The fourth-order valence-electron chi connectivity index (χ4n) is 2.66. The summed E-state index contributed by atoms with van der Waals surface area (Å²) in [6, 6.07) is 5.73. The quantitative estimate of drug-likeness (QED) is 0.735. The lowest BCUT2D eigenvalue weighted by Crippen LogP contribution is -3.14. The van der Waals surface area contributed by atoms with Gasteiger partial charge in [0.15, 0.2) is 6.54 Å². The minimum Gasteiger partial charge on any atom is -0.369 e. The van der Waals surface area contributed by atoms with E-state index in [-0.39, 0.29) is 17.7 Å². The molecule has 2 atom stereocenters. The number of rotatable bonds is 4. The van der Waals surface area contributed by atoms with Gasteiger partial charge in [-0.1, -0.05) is 22.0 Å². The molecule has 0 aliphatic carbocycles. The average Bonchev–Trinajstić information content (AvgIpc) is 2.43. The molecular weight excluding hydrogens is 334 g/mol. The zero-order chi connectivity index (χ0) is 15.4. The Kier molecular flexibility index (Phi) is 5.36. The van der Waals surface area contributed by atoms with Gasteiger partial charge in [-0.05, 0) is 37.5 Å². The highest BCUT2D eigenvalue weighted by molar-refractivity contribution is 9.10. The van der Waals surface area contributed by atoms with Crippen LogP contribution >= 0.6 is 15.9 Å². The van der Waals surface area contributed by atoms with Crippen molar-refractivity contribution in [2.24, 2.45) is 11.7 Å². The number of primary amides is 1. The third-order valence-electron chi connectivity index (χ3n) is 3.89. The number of aryl methyl sites for hydroxylation is 1. The Hall–Kier alpha value is -1.40. The van der Waals surface area contributed by atoms with Gasteiger partial charge in [-0.2, -0.15) is 0 Å². The van der Waals surface area contributed by atoms with E-state index in [1.54, 1.807) is 0 Å². The van der Waals surface area contributed by atoms with Crippen LogP contribution in [0.4, 0.5) is 5.69 Å². The molecule has 1 fully saturated rings. The minimum atomic E-state index is -0.255. The molecule has 0 spiro atoms. The number of carbonyl (C=O) groups excluding carboxylic acids is 2. The Morgan fingerprint density at radius 3 is 2.90 bits per heavy atom. The van der Waals surface area contributed by atoms with Crippen LogP contribution in [-0.4, -0.2) is 31.4 Å². The zero-order valence-electron chi connectivity index (χ0n) is 12.1. The van der Waals surface area contributed by atoms with Crippen LogP contribution in [0.3, 0.4) is 0 Å². The first kappa shape index (κ1) is 16.0. The highest BCUT2D eigenvalue weighted by atomic mass is 79.9. The molecule has 1 aliphatic heterocycles. The molecule has 0 radical (unpaired) electrons. The molecule has 21 heavy (non-hydrogen) atoms. The van der Waals surface area contributed by atoms with Gasteiger partial charge >= 0.3 is 0 Å². The molecule has 0 aromatic heterocycles. The van der Waals surface area contributed by atoms with Crippen molar-refractivity contribution in [1.82, 2.24) is 0 Å². The van der Waals surface area contributed by atoms with E-state index in [1.165, 1.54) is 0 Å². The summed E-state index contributed by atoms with van der Waals surface area (Å²) in [6.45, 7) is 3.93. The normalized spacial score (nSPS) is 21.8. The van der Waals surface area contributed by atoms with Gasteiger partial charge in [0, 0.05) is 10.2 Å². The van der Waals surface area contributed by atoms with Gasteiger partial charge < -0.3 is 16.0 Å². The van der Waals surface area contributed by atoms with Crippen LogP contribution in [0.15, 0.2) is 22.7 Å². The molecule has 1 aliphatic rings. The summed E-state index contributed by atoms with van der Waals surface area (Å²) >= 11 is 3.45. The number of anilines is 1. The van der Waals surface area contributed by atoms with Gasteiger partial charge in [0.25, 0.3) is 5.91 Å². The summed E-state index contributed by atoms with van der Waals surface area (Å²) in [5.41, 5.74) is 7.26. The zero-order valence-corrected chi connectivity index (χ0v) is 13.7. The van der Waals surface area contributed by atoms with Crippen molar-refractivity contribution >= 4 is 33.4 Å². The molecule has 2 rings (SSSR count). The molecule has 2 amide bonds. The lowest BCUT2D eigenvalue weighted by atomic mass is 9.97. The molecule has 6 heteroatoms. The fraction of sp³-hybridized carbons (Fsp3) is 0.467. The smallest absolute Gasteiger partial charge is 0.279 e. The van der Waals surface area contributed by atoms with Crippen LogP contribution in [0, 0.1) is 12.8 Å². The summed E-state index contributed by atoms with van der Waals surface area (Å²) in [5, 5.41) is 2.90. The van der Waals surface area contributed by atoms with Gasteiger partial charge in [-0.15, -0.1) is 0 Å². The molecule has 4 N–H and O–H groups in total. The first-order valence-electron chi connectivity index (χ1n) is 7.14. The maximum absolute atomic E-state index is 12.1. The number of hydrogen-bond acceptors (Lipinski definition) is 2. The number of amides is 2. The first-order valence-corrected chi connectivity index (χ1v) is 7.94. The van der Waals surface area contributed by atoms with Crippen LogP contribution in [0.2, 0.25) is 0 Å². The molecule has 1 aromatic carbocycles. The minimum absolute atomic E-state index is 0.0362. The van der Waals surface area contributed by atoms with E-state index in [0.717, 1.165) is 40.0 Å². The summed E-state index contributed by atoms with van der Waals surface area (Å²) in [4.78, 5) is 24.5.